The number of carbonyl (C=O) groups excluding carboxylic acids is 3. The molecule has 1 amide bonds. The molecule has 1 heterocycles. The lowest BCUT2D eigenvalue weighted by atomic mass is 9.32. The number of rotatable bonds is 9. The number of aliphatic hydroxyl groups is 1. The molecule has 0 spiro atoms. The van der Waals surface area contributed by atoms with Crippen molar-refractivity contribution in [2.75, 3.05) is 45.9 Å². The van der Waals surface area contributed by atoms with Crippen molar-refractivity contribution in [2.45, 2.75) is 138 Å². The molecule has 10 atom stereocenters. The zero-order valence-electron chi connectivity index (χ0n) is 36.7. The van der Waals surface area contributed by atoms with E-state index in [2.05, 4.69) is 91.1 Å². The van der Waals surface area contributed by atoms with E-state index in [4.69, 9.17) is 9.47 Å². The maximum atomic E-state index is 14.5. The van der Waals surface area contributed by atoms with Crippen LogP contribution in [0.3, 0.4) is 0 Å². The molecule has 1 aromatic rings. The van der Waals surface area contributed by atoms with Gasteiger partial charge in [-0.1, -0.05) is 84.9 Å². The molecule has 1 aromatic carbocycles. The Morgan fingerprint density at radius 1 is 0.807 bits per heavy atom. The summed E-state index contributed by atoms with van der Waals surface area (Å²) in [4.78, 5) is 43.9. The summed E-state index contributed by atoms with van der Waals surface area (Å²) in [6.45, 7) is 26.7. The molecule has 5 saturated carbocycles. The number of fused-ring (bicyclic) bond motifs is 7. The molecule has 316 valence electrons. The molecule has 0 bridgehead atoms. The summed E-state index contributed by atoms with van der Waals surface area (Å²) in [5.74, 6) is 1.31. The molecule has 5 aliphatic carbocycles. The SMILES string of the molecule is C=C(C)C1CCC2(C(=O)OCCN3CCN(C(=O)C(=O)OCCc4ccc(C(C)C)cc4)CC3)CCC3(C)C(CCC4C5(C)CCC(O)C(C)(C)C5CCC43C)C12. The number of ether oxygens (including phenoxy) is 2. The van der Waals surface area contributed by atoms with E-state index in [-0.39, 0.29) is 46.3 Å². The molecule has 0 aromatic heterocycles. The van der Waals surface area contributed by atoms with Crippen molar-refractivity contribution >= 4 is 17.8 Å². The largest absolute Gasteiger partial charge is 0.464 e. The summed E-state index contributed by atoms with van der Waals surface area (Å²) in [5.41, 5.74) is 3.60. The highest BCUT2D eigenvalue weighted by Crippen LogP contribution is 2.77. The van der Waals surface area contributed by atoms with Crippen LogP contribution in [-0.2, 0) is 30.3 Å². The molecule has 8 nitrogen and oxygen atoms in total. The quantitative estimate of drug-likeness (QED) is 0.152. The predicted octanol–water partition coefficient (Wildman–Crippen LogP) is 8.60. The van der Waals surface area contributed by atoms with Gasteiger partial charge in [0.15, 0.2) is 0 Å². The second-order valence-electron chi connectivity index (χ2n) is 21.3. The van der Waals surface area contributed by atoms with Gasteiger partial charge in [-0.15, -0.1) is 0 Å². The number of carbonyl (C=O) groups is 3. The number of hydrogen-bond donors (Lipinski definition) is 1. The Hall–Kier alpha value is -2.71. The van der Waals surface area contributed by atoms with Gasteiger partial charge in [0.05, 0.1) is 18.1 Å². The average molecular weight is 787 g/mol. The van der Waals surface area contributed by atoms with Gasteiger partial charge in [0.1, 0.15) is 6.61 Å². The summed E-state index contributed by atoms with van der Waals surface area (Å²) < 4.78 is 11.7. The van der Waals surface area contributed by atoms with Crippen LogP contribution in [0, 0.1) is 56.7 Å². The molecule has 7 rings (SSSR count). The van der Waals surface area contributed by atoms with Crippen LogP contribution >= 0.6 is 0 Å². The van der Waals surface area contributed by atoms with Gasteiger partial charge >= 0.3 is 17.8 Å². The summed E-state index contributed by atoms with van der Waals surface area (Å²) in [7, 11) is 0. The molecule has 6 fully saturated rings. The van der Waals surface area contributed by atoms with Crippen LogP contribution in [0.5, 0.6) is 0 Å². The van der Waals surface area contributed by atoms with Gasteiger partial charge < -0.3 is 19.5 Å². The molecule has 8 heteroatoms. The van der Waals surface area contributed by atoms with E-state index in [0.29, 0.717) is 75.3 Å². The average Bonchev–Trinajstić information content (AvgIpc) is 3.58. The fourth-order valence-electron chi connectivity index (χ4n) is 14.6. The van der Waals surface area contributed by atoms with Gasteiger partial charge in [-0.25, -0.2) is 4.79 Å². The third-order valence-electron chi connectivity index (χ3n) is 18.2. The van der Waals surface area contributed by atoms with E-state index in [1.165, 1.54) is 30.4 Å². The smallest absolute Gasteiger partial charge is 0.397 e. The topological polar surface area (TPSA) is 96.4 Å². The zero-order valence-corrected chi connectivity index (χ0v) is 36.7. The van der Waals surface area contributed by atoms with Gasteiger partial charge in [0.25, 0.3) is 0 Å². The Balaban J connectivity index is 0.936. The highest BCUT2D eigenvalue weighted by atomic mass is 16.5. The van der Waals surface area contributed by atoms with E-state index in [0.717, 1.165) is 50.5 Å². The van der Waals surface area contributed by atoms with Crippen LogP contribution in [0.4, 0.5) is 0 Å². The third-order valence-corrected chi connectivity index (χ3v) is 18.2. The number of allylic oxidation sites excluding steroid dienone is 1. The second-order valence-corrected chi connectivity index (χ2v) is 21.3. The van der Waals surface area contributed by atoms with Crippen LogP contribution in [0.2, 0.25) is 0 Å². The van der Waals surface area contributed by atoms with E-state index in [1.54, 1.807) is 4.90 Å². The molecule has 57 heavy (non-hydrogen) atoms. The molecule has 1 aliphatic heterocycles. The highest BCUT2D eigenvalue weighted by Gasteiger charge is 2.72. The Morgan fingerprint density at radius 3 is 2.18 bits per heavy atom. The molecule has 1 N–H and O–H groups in total. The normalized spacial score (nSPS) is 38.7. The standard InChI is InChI=1S/C49H74N2O6/c1-32(2)35-12-10-34(11-13-35)19-30-56-43(54)42(53)51-27-25-50(26-28-51)29-31-57-44(55)49-22-16-36(33(3)4)41(49)37-14-15-39-46(7)20-18-40(52)45(5,6)38(46)17-21-48(39,9)47(37,8)23-24-49/h10-13,32,36-41,52H,3,14-31H2,1-2,4-9H3. The minimum Gasteiger partial charge on any atom is -0.464 e. The van der Waals surface area contributed by atoms with Crippen molar-refractivity contribution in [1.82, 2.24) is 9.80 Å². The van der Waals surface area contributed by atoms with Gasteiger partial charge in [0, 0.05) is 39.1 Å². The maximum Gasteiger partial charge on any atom is 0.397 e. The van der Waals surface area contributed by atoms with Gasteiger partial charge in [-0.2, -0.15) is 0 Å². The van der Waals surface area contributed by atoms with E-state index >= 15 is 0 Å². The number of piperazine rings is 1. The van der Waals surface area contributed by atoms with Crippen LogP contribution in [0.1, 0.15) is 137 Å². The van der Waals surface area contributed by atoms with Gasteiger partial charge in [-0.3, -0.25) is 14.5 Å². The first-order valence-corrected chi connectivity index (χ1v) is 22.7. The zero-order chi connectivity index (χ0) is 41.1. The minimum atomic E-state index is -0.791. The lowest BCUT2D eigenvalue weighted by Crippen LogP contribution is -2.67. The Labute approximate surface area is 343 Å². The van der Waals surface area contributed by atoms with Crippen molar-refractivity contribution in [1.29, 1.82) is 0 Å². The monoisotopic (exact) mass is 787 g/mol. The van der Waals surface area contributed by atoms with Crippen molar-refractivity contribution in [3.63, 3.8) is 0 Å². The van der Waals surface area contributed by atoms with Crippen LogP contribution < -0.4 is 0 Å². The summed E-state index contributed by atoms with van der Waals surface area (Å²) >= 11 is 0. The van der Waals surface area contributed by atoms with Crippen molar-refractivity contribution in [3.8, 4) is 0 Å². The van der Waals surface area contributed by atoms with E-state index in [1.807, 2.05) is 0 Å². The van der Waals surface area contributed by atoms with Crippen LogP contribution in [0.25, 0.3) is 0 Å². The molecule has 1 saturated heterocycles. The summed E-state index contributed by atoms with van der Waals surface area (Å²) in [6.07, 6.45) is 11.0. The number of nitrogens with zero attached hydrogens (tertiary/aromatic N) is 2. The van der Waals surface area contributed by atoms with E-state index < -0.39 is 17.3 Å². The molecule has 6 aliphatic rings. The van der Waals surface area contributed by atoms with E-state index in [9.17, 15) is 19.5 Å². The van der Waals surface area contributed by atoms with Crippen LogP contribution in [-0.4, -0.2) is 84.8 Å². The maximum absolute atomic E-state index is 14.5. The molecule has 0 radical (unpaired) electrons. The molecular formula is C49H74N2O6. The first kappa shape index (κ1) is 42.4. The van der Waals surface area contributed by atoms with Crippen molar-refractivity contribution in [3.05, 3.63) is 47.5 Å². The number of amides is 1. The number of hydrogen-bond acceptors (Lipinski definition) is 7. The summed E-state index contributed by atoms with van der Waals surface area (Å²) in [6, 6.07) is 8.31. The lowest BCUT2D eigenvalue weighted by molar-refractivity contribution is -0.248. The highest BCUT2D eigenvalue weighted by molar-refractivity contribution is 6.32. The number of aliphatic hydroxyl groups excluding tert-OH is 1. The fourth-order valence-corrected chi connectivity index (χ4v) is 14.6. The van der Waals surface area contributed by atoms with Gasteiger partial charge in [-0.05, 0) is 139 Å². The summed E-state index contributed by atoms with van der Waals surface area (Å²) in [5, 5.41) is 11.1. The lowest BCUT2D eigenvalue weighted by Gasteiger charge is -2.72. The predicted molar refractivity (Wildman–Crippen MR) is 224 cm³/mol. The Bertz CT molecular complexity index is 1680. The number of benzene rings is 1. The first-order chi connectivity index (χ1) is 26.9. The Kier molecular flexibility index (Phi) is 11.7. The third kappa shape index (κ3) is 7.12. The van der Waals surface area contributed by atoms with Gasteiger partial charge in [0.2, 0.25) is 0 Å². The molecular weight excluding hydrogens is 713 g/mol. The molecule has 10 unspecified atom stereocenters. The Morgan fingerprint density at radius 2 is 1.51 bits per heavy atom. The first-order valence-electron chi connectivity index (χ1n) is 22.7. The number of esters is 2. The van der Waals surface area contributed by atoms with Crippen molar-refractivity contribution in [2.24, 2.45) is 56.7 Å². The van der Waals surface area contributed by atoms with Crippen molar-refractivity contribution < 1.29 is 29.0 Å². The second kappa shape index (κ2) is 15.7. The van der Waals surface area contributed by atoms with Crippen LogP contribution in [0.15, 0.2) is 36.4 Å². The fraction of sp³-hybridized carbons (Fsp3) is 0.776. The minimum absolute atomic E-state index is 0.00307.